The van der Waals surface area contributed by atoms with Gasteiger partial charge in [0.2, 0.25) is 0 Å². The third-order valence-corrected chi connectivity index (χ3v) is 3.84. The molecule has 3 rings (SSSR count). The fourth-order valence-corrected chi connectivity index (χ4v) is 2.87. The quantitative estimate of drug-likeness (QED) is 0.849. The van der Waals surface area contributed by atoms with E-state index in [-0.39, 0.29) is 0 Å². The van der Waals surface area contributed by atoms with Crippen LogP contribution in [0.4, 0.5) is 0 Å². The highest BCUT2D eigenvalue weighted by Crippen LogP contribution is 2.37. The number of rotatable bonds is 3. The second-order valence-electron chi connectivity index (χ2n) is 4.85. The van der Waals surface area contributed by atoms with Crippen LogP contribution >= 0.6 is 23.8 Å². The molecule has 0 aromatic carbocycles. The van der Waals surface area contributed by atoms with E-state index in [1.165, 1.54) is 19.3 Å². The van der Waals surface area contributed by atoms with Gasteiger partial charge in [-0.1, -0.05) is 24.4 Å². The first-order chi connectivity index (χ1) is 8.15. The van der Waals surface area contributed by atoms with E-state index in [1.54, 1.807) is 6.20 Å². The van der Waals surface area contributed by atoms with Crippen molar-refractivity contribution in [1.82, 2.24) is 14.5 Å². The molecule has 17 heavy (non-hydrogen) atoms. The number of nitrogens with zero attached hydrogens (tertiary/aromatic N) is 2. The molecule has 2 heterocycles. The molecular formula is C12H14ClN3S. The van der Waals surface area contributed by atoms with Crippen molar-refractivity contribution in [3.05, 3.63) is 22.1 Å². The molecule has 0 bridgehead atoms. The monoisotopic (exact) mass is 267 g/mol. The molecule has 1 atom stereocenters. The van der Waals surface area contributed by atoms with Crippen molar-refractivity contribution in [2.45, 2.75) is 32.2 Å². The summed E-state index contributed by atoms with van der Waals surface area (Å²) in [4.78, 5) is 7.56. The van der Waals surface area contributed by atoms with Gasteiger partial charge in [-0.2, -0.15) is 0 Å². The van der Waals surface area contributed by atoms with Crippen LogP contribution in [0.15, 0.2) is 12.3 Å². The minimum atomic E-state index is 0.400. The number of fused-ring (bicyclic) bond motifs is 1. The number of aromatic nitrogens is 3. The first-order valence-electron chi connectivity index (χ1n) is 5.91. The Balaban J connectivity index is 2.07. The van der Waals surface area contributed by atoms with Gasteiger partial charge in [0.25, 0.3) is 0 Å². The largest absolute Gasteiger partial charge is 0.329 e. The van der Waals surface area contributed by atoms with Gasteiger partial charge in [-0.25, -0.2) is 4.98 Å². The summed E-state index contributed by atoms with van der Waals surface area (Å²) < 4.78 is 2.85. The van der Waals surface area contributed by atoms with Crippen molar-refractivity contribution in [3.8, 4) is 0 Å². The molecule has 1 fully saturated rings. The van der Waals surface area contributed by atoms with E-state index in [4.69, 9.17) is 23.8 Å². The van der Waals surface area contributed by atoms with Gasteiger partial charge in [0, 0.05) is 12.2 Å². The van der Waals surface area contributed by atoms with Crippen molar-refractivity contribution in [2.75, 3.05) is 0 Å². The third kappa shape index (κ3) is 2.11. The minimum Gasteiger partial charge on any atom is -0.329 e. The predicted octanol–water partition coefficient (Wildman–Crippen LogP) is 4.11. The summed E-state index contributed by atoms with van der Waals surface area (Å²) in [5.41, 5.74) is 1.83. The molecule has 0 saturated heterocycles. The Morgan fingerprint density at radius 3 is 3.12 bits per heavy atom. The molecule has 3 nitrogen and oxygen atoms in total. The molecule has 0 spiro atoms. The molecule has 0 aliphatic heterocycles. The average molecular weight is 268 g/mol. The van der Waals surface area contributed by atoms with Crippen molar-refractivity contribution in [3.63, 3.8) is 0 Å². The number of H-pyrrole nitrogens is 1. The van der Waals surface area contributed by atoms with Crippen molar-refractivity contribution < 1.29 is 0 Å². The fourth-order valence-electron chi connectivity index (χ4n) is 2.34. The summed E-state index contributed by atoms with van der Waals surface area (Å²) in [6.45, 7) is 2.21. The Morgan fingerprint density at radius 2 is 2.41 bits per heavy atom. The predicted molar refractivity (Wildman–Crippen MR) is 72.0 cm³/mol. The van der Waals surface area contributed by atoms with Crippen LogP contribution in [0.1, 0.15) is 32.2 Å². The maximum absolute atomic E-state index is 5.93. The molecule has 1 N–H and O–H groups in total. The van der Waals surface area contributed by atoms with Crippen LogP contribution in [0.5, 0.6) is 0 Å². The standard InChI is InChI=1S/C12H14ClN3S/c1-7(4-8-2-3-8)16-11-10(15-12(16)17)5-9(13)6-14-11/h5-8H,2-4H2,1H3,(H,15,17). The molecule has 2 aromatic heterocycles. The Kier molecular flexibility index (Phi) is 2.71. The van der Waals surface area contributed by atoms with E-state index in [1.807, 2.05) is 6.07 Å². The van der Waals surface area contributed by atoms with E-state index < -0.39 is 0 Å². The number of nitrogens with one attached hydrogen (secondary N) is 1. The van der Waals surface area contributed by atoms with Crippen molar-refractivity contribution >= 4 is 35.0 Å². The number of pyridine rings is 1. The molecule has 1 aliphatic carbocycles. The molecule has 0 radical (unpaired) electrons. The number of hydrogen-bond donors (Lipinski definition) is 1. The molecule has 1 saturated carbocycles. The van der Waals surface area contributed by atoms with Gasteiger partial charge >= 0.3 is 0 Å². The highest BCUT2D eigenvalue weighted by Gasteiger charge is 2.25. The lowest BCUT2D eigenvalue weighted by Crippen LogP contribution is -2.06. The number of imidazole rings is 1. The van der Waals surface area contributed by atoms with E-state index in [9.17, 15) is 0 Å². The van der Waals surface area contributed by atoms with Crippen LogP contribution in [0.25, 0.3) is 11.2 Å². The second kappa shape index (κ2) is 4.10. The number of aromatic amines is 1. The summed E-state index contributed by atoms with van der Waals surface area (Å²) in [5, 5.41) is 0.635. The van der Waals surface area contributed by atoms with Gasteiger partial charge < -0.3 is 4.98 Å². The van der Waals surface area contributed by atoms with Gasteiger partial charge in [0.15, 0.2) is 10.4 Å². The fraction of sp³-hybridized carbons (Fsp3) is 0.500. The van der Waals surface area contributed by atoms with E-state index in [2.05, 4.69) is 21.5 Å². The smallest absolute Gasteiger partial charge is 0.179 e. The SMILES string of the molecule is CC(CC1CC1)n1c(=S)[nH]c2cc(Cl)cnc21. The van der Waals surface area contributed by atoms with E-state index >= 15 is 0 Å². The summed E-state index contributed by atoms with van der Waals surface area (Å²) >= 11 is 11.3. The molecule has 90 valence electrons. The molecule has 2 aromatic rings. The maximum atomic E-state index is 5.93. The Hall–Kier alpha value is -0.870. The highest BCUT2D eigenvalue weighted by atomic mass is 35.5. The topological polar surface area (TPSA) is 33.6 Å². The molecule has 1 aliphatic rings. The number of hydrogen-bond acceptors (Lipinski definition) is 2. The van der Waals surface area contributed by atoms with Gasteiger partial charge in [0.05, 0.1) is 10.5 Å². The van der Waals surface area contributed by atoms with Crippen LogP contribution in [0, 0.1) is 10.7 Å². The molecular weight excluding hydrogens is 254 g/mol. The maximum Gasteiger partial charge on any atom is 0.179 e. The van der Waals surface area contributed by atoms with Gasteiger partial charge in [0.1, 0.15) is 0 Å². The Labute approximate surface area is 110 Å². The Morgan fingerprint density at radius 1 is 1.65 bits per heavy atom. The zero-order valence-corrected chi connectivity index (χ0v) is 11.2. The lowest BCUT2D eigenvalue weighted by molar-refractivity contribution is 0.481. The van der Waals surface area contributed by atoms with Crippen molar-refractivity contribution in [1.29, 1.82) is 0 Å². The highest BCUT2D eigenvalue weighted by molar-refractivity contribution is 7.71. The van der Waals surface area contributed by atoms with Crippen molar-refractivity contribution in [2.24, 2.45) is 5.92 Å². The molecule has 1 unspecified atom stereocenters. The molecule has 5 heteroatoms. The van der Waals surface area contributed by atoms with E-state index in [0.717, 1.165) is 21.9 Å². The zero-order valence-electron chi connectivity index (χ0n) is 9.61. The molecule has 0 amide bonds. The van der Waals surface area contributed by atoms with Crippen LogP contribution in [-0.2, 0) is 0 Å². The van der Waals surface area contributed by atoms with Gasteiger partial charge in [-0.15, -0.1) is 0 Å². The van der Waals surface area contributed by atoms with Gasteiger partial charge in [-0.05, 0) is 37.5 Å². The normalized spacial score (nSPS) is 17.5. The second-order valence-corrected chi connectivity index (χ2v) is 5.68. The zero-order chi connectivity index (χ0) is 12.0. The van der Waals surface area contributed by atoms with Crippen LogP contribution in [-0.4, -0.2) is 14.5 Å². The first kappa shape index (κ1) is 11.2. The lowest BCUT2D eigenvalue weighted by Gasteiger charge is -2.13. The average Bonchev–Trinajstić information content (AvgIpc) is 2.99. The van der Waals surface area contributed by atoms with Crippen LogP contribution in [0.3, 0.4) is 0 Å². The van der Waals surface area contributed by atoms with Crippen LogP contribution in [0.2, 0.25) is 5.02 Å². The minimum absolute atomic E-state index is 0.400. The van der Waals surface area contributed by atoms with Gasteiger partial charge in [-0.3, -0.25) is 4.57 Å². The third-order valence-electron chi connectivity index (χ3n) is 3.33. The summed E-state index contributed by atoms with van der Waals surface area (Å²) in [7, 11) is 0. The summed E-state index contributed by atoms with van der Waals surface area (Å²) in [6, 6.07) is 2.28. The van der Waals surface area contributed by atoms with Crippen LogP contribution < -0.4 is 0 Å². The summed E-state index contributed by atoms with van der Waals surface area (Å²) in [6.07, 6.45) is 5.58. The van der Waals surface area contributed by atoms with E-state index in [0.29, 0.717) is 11.1 Å². The Bertz CT molecular complexity index is 612. The first-order valence-corrected chi connectivity index (χ1v) is 6.69. The summed E-state index contributed by atoms with van der Waals surface area (Å²) in [5.74, 6) is 0.879. The lowest BCUT2D eigenvalue weighted by atomic mass is 10.1. The number of halogens is 1.